The van der Waals surface area contributed by atoms with Crippen LogP contribution in [0.4, 0.5) is 5.69 Å². The highest BCUT2D eigenvalue weighted by Crippen LogP contribution is 2.29. The fourth-order valence-electron chi connectivity index (χ4n) is 2.38. The largest absolute Gasteiger partial charge is 0.370 e. The molecule has 1 aromatic carbocycles. The zero-order valence-corrected chi connectivity index (χ0v) is 11.6. The molecule has 2 rings (SSSR count). The molecule has 0 radical (unpaired) electrons. The molecule has 0 aromatic heterocycles. The van der Waals surface area contributed by atoms with Crippen molar-refractivity contribution in [1.82, 2.24) is 0 Å². The first-order valence-electron chi connectivity index (χ1n) is 6.73. The summed E-state index contributed by atoms with van der Waals surface area (Å²) in [6, 6.07) is 8.49. The molecule has 0 amide bonds. The molecule has 0 spiro atoms. The maximum Gasteiger partial charge on any atom is 0.195 e. The number of nitrogens with two attached hydrogens (primary N) is 1. The zero-order chi connectivity index (χ0) is 13.1. The molecule has 2 N–H and O–H groups in total. The summed E-state index contributed by atoms with van der Waals surface area (Å²) in [6.45, 7) is 8.33. The molecule has 0 saturated carbocycles. The van der Waals surface area contributed by atoms with E-state index in [4.69, 9.17) is 5.73 Å². The Labute approximate surface area is 110 Å². The number of hydrogen-bond acceptors (Lipinski definition) is 1. The van der Waals surface area contributed by atoms with Crippen molar-refractivity contribution >= 4 is 11.6 Å². The number of para-hydroxylation sites is 1. The van der Waals surface area contributed by atoms with Crippen LogP contribution in [-0.2, 0) is 6.42 Å². The van der Waals surface area contributed by atoms with Gasteiger partial charge in [0.2, 0.25) is 0 Å². The van der Waals surface area contributed by atoms with Gasteiger partial charge in [-0.1, -0.05) is 39.0 Å². The number of hydrogen-bond donors (Lipinski definition) is 1. The van der Waals surface area contributed by atoms with Crippen LogP contribution in [-0.4, -0.2) is 19.0 Å². The second kappa shape index (κ2) is 5.42. The van der Waals surface area contributed by atoms with Gasteiger partial charge >= 0.3 is 0 Å². The van der Waals surface area contributed by atoms with E-state index < -0.39 is 0 Å². The van der Waals surface area contributed by atoms with E-state index in [-0.39, 0.29) is 0 Å². The van der Waals surface area contributed by atoms with Crippen LogP contribution in [0.25, 0.3) is 0 Å². The summed E-state index contributed by atoms with van der Waals surface area (Å²) in [5.41, 5.74) is 8.75. The smallest absolute Gasteiger partial charge is 0.195 e. The SMILES string of the molecule is CC(C)CN=C(N)N1CC(C)Cc2ccccc21. The Morgan fingerprint density at radius 3 is 2.89 bits per heavy atom. The Bertz CT molecular complexity index is 437. The molecule has 0 saturated heterocycles. The van der Waals surface area contributed by atoms with E-state index in [1.807, 2.05) is 0 Å². The molecule has 1 aromatic rings. The van der Waals surface area contributed by atoms with Crippen LogP contribution in [0, 0.1) is 11.8 Å². The number of fused-ring (bicyclic) bond motifs is 1. The standard InChI is InChI=1S/C15H23N3/c1-11(2)9-17-15(16)18-10-12(3)8-13-6-4-5-7-14(13)18/h4-7,11-12H,8-10H2,1-3H3,(H2,16,17). The second-order valence-electron chi connectivity index (χ2n) is 5.64. The maximum absolute atomic E-state index is 6.15. The average Bonchev–Trinajstić information content (AvgIpc) is 2.34. The topological polar surface area (TPSA) is 41.6 Å². The van der Waals surface area contributed by atoms with Gasteiger partial charge in [-0.15, -0.1) is 0 Å². The monoisotopic (exact) mass is 245 g/mol. The van der Waals surface area contributed by atoms with Crippen molar-refractivity contribution in [3.63, 3.8) is 0 Å². The zero-order valence-electron chi connectivity index (χ0n) is 11.6. The lowest BCUT2D eigenvalue weighted by Crippen LogP contribution is -2.43. The van der Waals surface area contributed by atoms with Crippen LogP contribution in [0.3, 0.4) is 0 Å². The summed E-state index contributed by atoms with van der Waals surface area (Å²) in [7, 11) is 0. The number of benzene rings is 1. The summed E-state index contributed by atoms with van der Waals surface area (Å²) in [4.78, 5) is 6.66. The van der Waals surface area contributed by atoms with E-state index in [2.05, 4.69) is 54.9 Å². The number of anilines is 1. The Kier molecular flexibility index (Phi) is 3.90. The molecule has 0 fully saturated rings. The minimum Gasteiger partial charge on any atom is -0.370 e. The number of rotatable bonds is 2. The van der Waals surface area contributed by atoms with Crippen LogP contribution in [0.5, 0.6) is 0 Å². The molecule has 1 aliphatic heterocycles. The average molecular weight is 245 g/mol. The van der Waals surface area contributed by atoms with Gasteiger partial charge in [0, 0.05) is 18.8 Å². The third-order valence-electron chi connectivity index (χ3n) is 3.24. The summed E-state index contributed by atoms with van der Waals surface area (Å²) in [5.74, 6) is 1.82. The van der Waals surface area contributed by atoms with Crippen LogP contribution >= 0.6 is 0 Å². The van der Waals surface area contributed by atoms with Crippen molar-refractivity contribution in [3.05, 3.63) is 29.8 Å². The molecule has 18 heavy (non-hydrogen) atoms. The number of nitrogens with zero attached hydrogens (tertiary/aromatic N) is 2. The van der Waals surface area contributed by atoms with Gasteiger partial charge < -0.3 is 10.6 Å². The van der Waals surface area contributed by atoms with E-state index in [1.165, 1.54) is 11.3 Å². The van der Waals surface area contributed by atoms with Gasteiger partial charge in [0.05, 0.1) is 0 Å². The summed E-state index contributed by atoms with van der Waals surface area (Å²) in [6.07, 6.45) is 1.13. The summed E-state index contributed by atoms with van der Waals surface area (Å²) in [5, 5.41) is 0. The predicted octanol–water partition coefficient (Wildman–Crippen LogP) is 2.66. The molecule has 0 aliphatic carbocycles. The van der Waals surface area contributed by atoms with Crippen LogP contribution in [0.2, 0.25) is 0 Å². The van der Waals surface area contributed by atoms with E-state index in [0.29, 0.717) is 17.8 Å². The highest BCUT2D eigenvalue weighted by Gasteiger charge is 2.23. The third kappa shape index (κ3) is 2.84. The fourth-order valence-corrected chi connectivity index (χ4v) is 2.38. The Hall–Kier alpha value is -1.51. The van der Waals surface area contributed by atoms with Gasteiger partial charge in [-0.2, -0.15) is 0 Å². The first-order chi connectivity index (χ1) is 8.58. The highest BCUT2D eigenvalue weighted by molar-refractivity contribution is 5.96. The van der Waals surface area contributed by atoms with Crippen LogP contribution < -0.4 is 10.6 Å². The number of aliphatic imine (C=N–C) groups is 1. The van der Waals surface area contributed by atoms with E-state index >= 15 is 0 Å². The molecule has 98 valence electrons. The molecule has 0 bridgehead atoms. The van der Waals surface area contributed by atoms with Crippen LogP contribution in [0.1, 0.15) is 26.3 Å². The molecule has 1 atom stereocenters. The first kappa shape index (κ1) is 12.9. The lowest BCUT2D eigenvalue weighted by molar-refractivity contribution is 0.565. The molecule has 3 nitrogen and oxygen atoms in total. The van der Waals surface area contributed by atoms with Gasteiger partial charge in [-0.05, 0) is 29.9 Å². The molecular weight excluding hydrogens is 222 g/mol. The Morgan fingerprint density at radius 1 is 1.44 bits per heavy atom. The minimum atomic E-state index is 0.543. The van der Waals surface area contributed by atoms with Crippen molar-refractivity contribution in [1.29, 1.82) is 0 Å². The van der Waals surface area contributed by atoms with E-state index in [9.17, 15) is 0 Å². The molecule has 3 heteroatoms. The van der Waals surface area contributed by atoms with Crippen molar-refractivity contribution in [2.24, 2.45) is 22.6 Å². The normalized spacial score (nSPS) is 20.1. The maximum atomic E-state index is 6.15. The Morgan fingerprint density at radius 2 is 2.17 bits per heavy atom. The summed E-state index contributed by atoms with van der Waals surface area (Å²) >= 11 is 0. The van der Waals surface area contributed by atoms with Crippen molar-refractivity contribution in [2.45, 2.75) is 27.2 Å². The first-order valence-corrected chi connectivity index (χ1v) is 6.73. The molecule has 1 unspecified atom stereocenters. The van der Waals surface area contributed by atoms with Gasteiger partial charge in [0.1, 0.15) is 0 Å². The van der Waals surface area contributed by atoms with E-state index in [0.717, 1.165) is 19.5 Å². The van der Waals surface area contributed by atoms with Crippen molar-refractivity contribution < 1.29 is 0 Å². The quantitative estimate of drug-likeness (QED) is 0.643. The van der Waals surface area contributed by atoms with Gasteiger partial charge in [-0.25, -0.2) is 0 Å². The number of guanidine groups is 1. The molecule has 1 heterocycles. The lowest BCUT2D eigenvalue weighted by Gasteiger charge is -2.34. The van der Waals surface area contributed by atoms with Crippen molar-refractivity contribution in [3.8, 4) is 0 Å². The summed E-state index contributed by atoms with van der Waals surface area (Å²) < 4.78 is 0. The predicted molar refractivity (Wildman–Crippen MR) is 78.0 cm³/mol. The fraction of sp³-hybridized carbons (Fsp3) is 0.533. The van der Waals surface area contributed by atoms with Crippen LogP contribution in [0.15, 0.2) is 29.3 Å². The van der Waals surface area contributed by atoms with Gasteiger partial charge in [0.25, 0.3) is 0 Å². The Balaban J connectivity index is 2.25. The van der Waals surface area contributed by atoms with E-state index in [1.54, 1.807) is 0 Å². The van der Waals surface area contributed by atoms with Crippen molar-refractivity contribution in [2.75, 3.05) is 18.0 Å². The second-order valence-corrected chi connectivity index (χ2v) is 5.64. The third-order valence-corrected chi connectivity index (χ3v) is 3.24. The highest BCUT2D eigenvalue weighted by atomic mass is 15.3. The molecule has 1 aliphatic rings. The minimum absolute atomic E-state index is 0.543. The van der Waals surface area contributed by atoms with Gasteiger partial charge in [-0.3, -0.25) is 4.99 Å². The lowest BCUT2D eigenvalue weighted by atomic mass is 9.94. The van der Waals surface area contributed by atoms with Gasteiger partial charge in [0.15, 0.2) is 5.96 Å². The molecular formula is C15H23N3.